The van der Waals surface area contributed by atoms with E-state index in [2.05, 4.69) is 14.1 Å². The van der Waals surface area contributed by atoms with Gasteiger partial charge in [-0.15, -0.1) is 0 Å². The summed E-state index contributed by atoms with van der Waals surface area (Å²) in [5.41, 5.74) is 1.46. The minimum absolute atomic E-state index is 0.212. The van der Waals surface area contributed by atoms with Crippen LogP contribution in [0.25, 0.3) is 11.0 Å². The Labute approximate surface area is 126 Å². The largest absolute Gasteiger partial charge is 0.352 e. The maximum atomic E-state index is 13.4. The topological polar surface area (TPSA) is 81.0 Å². The molecule has 106 valence electrons. The van der Waals surface area contributed by atoms with Crippen LogP contribution in [0.2, 0.25) is 5.02 Å². The molecule has 0 radical (unpaired) electrons. The molecule has 0 fully saturated rings. The first kappa shape index (κ1) is 13.7. The van der Waals surface area contributed by atoms with Crippen molar-refractivity contribution in [3.63, 3.8) is 0 Å². The standard InChI is InChI=1S/C12H6ClFN4O2S/c13-9-1-2-10-12(17-21-16-10)11(9)15-7-3-6(14)4-8(5-7)18(19)20/h1-5,15H. The summed E-state index contributed by atoms with van der Waals surface area (Å²) in [6.07, 6.45) is 0. The van der Waals surface area contributed by atoms with Crippen LogP contribution in [0.4, 0.5) is 21.5 Å². The average molecular weight is 325 g/mol. The Bertz CT molecular complexity index is 854. The third kappa shape index (κ3) is 2.63. The third-order valence-corrected chi connectivity index (χ3v) is 3.60. The van der Waals surface area contributed by atoms with Crippen LogP contribution >= 0.6 is 23.3 Å². The van der Waals surface area contributed by atoms with Crippen molar-refractivity contribution >= 4 is 51.4 Å². The molecular formula is C12H6ClFN4O2S. The predicted molar refractivity (Wildman–Crippen MR) is 78.8 cm³/mol. The Hall–Kier alpha value is -2.32. The lowest BCUT2D eigenvalue weighted by Gasteiger charge is -2.09. The zero-order chi connectivity index (χ0) is 15.0. The number of hydrogen-bond donors (Lipinski definition) is 1. The summed E-state index contributed by atoms with van der Waals surface area (Å²) in [5.74, 6) is -0.716. The molecule has 0 amide bonds. The van der Waals surface area contributed by atoms with Gasteiger partial charge in [-0.2, -0.15) is 8.75 Å². The van der Waals surface area contributed by atoms with Gasteiger partial charge in [0.2, 0.25) is 0 Å². The fraction of sp³-hybridized carbons (Fsp3) is 0. The van der Waals surface area contributed by atoms with Gasteiger partial charge in [0.25, 0.3) is 5.69 Å². The normalized spacial score (nSPS) is 10.8. The van der Waals surface area contributed by atoms with Crippen molar-refractivity contribution < 1.29 is 9.31 Å². The highest BCUT2D eigenvalue weighted by atomic mass is 35.5. The van der Waals surface area contributed by atoms with E-state index in [1.54, 1.807) is 12.1 Å². The molecule has 9 heteroatoms. The summed E-state index contributed by atoms with van der Waals surface area (Å²) in [6.45, 7) is 0. The lowest BCUT2D eigenvalue weighted by atomic mass is 10.2. The SMILES string of the molecule is O=[N+]([O-])c1cc(F)cc(Nc2c(Cl)ccc3nsnc23)c1. The lowest BCUT2D eigenvalue weighted by molar-refractivity contribution is -0.385. The smallest absolute Gasteiger partial charge is 0.274 e. The van der Waals surface area contributed by atoms with Gasteiger partial charge >= 0.3 is 0 Å². The van der Waals surface area contributed by atoms with E-state index in [4.69, 9.17) is 11.6 Å². The molecule has 1 heterocycles. The van der Waals surface area contributed by atoms with E-state index in [0.717, 1.165) is 23.9 Å². The molecule has 3 aromatic rings. The Morgan fingerprint density at radius 1 is 1.29 bits per heavy atom. The summed E-state index contributed by atoms with van der Waals surface area (Å²) in [6, 6.07) is 6.54. The van der Waals surface area contributed by atoms with Gasteiger partial charge < -0.3 is 5.32 Å². The van der Waals surface area contributed by atoms with E-state index in [1.165, 1.54) is 6.07 Å². The number of anilines is 2. The second kappa shape index (κ2) is 5.23. The summed E-state index contributed by atoms with van der Waals surface area (Å²) in [7, 11) is 0. The van der Waals surface area contributed by atoms with E-state index < -0.39 is 10.7 Å². The Morgan fingerprint density at radius 2 is 2.10 bits per heavy atom. The Morgan fingerprint density at radius 3 is 2.86 bits per heavy atom. The monoisotopic (exact) mass is 324 g/mol. The molecular weight excluding hydrogens is 319 g/mol. The predicted octanol–water partition coefficient (Wildman–Crippen LogP) is 4.14. The molecule has 0 saturated carbocycles. The average Bonchev–Trinajstić information content (AvgIpc) is 2.90. The summed E-state index contributed by atoms with van der Waals surface area (Å²) >= 11 is 7.12. The Balaban J connectivity index is 2.08. The number of nitrogens with one attached hydrogen (secondary N) is 1. The first-order chi connectivity index (χ1) is 10.0. The summed E-state index contributed by atoms with van der Waals surface area (Å²) in [5, 5.41) is 14.0. The number of halogens is 2. The highest BCUT2D eigenvalue weighted by Crippen LogP contribution is 2.33. The van der Waals surface area contributed by atoms with Gasteiger partial charge in [-0.25, -0.2) is 4.39 Å². The summed E-state index contributed by atoms with van der Waals surface area (Å²) < 4.78 is 21.6. The molecule has 2 aromatic carbocycles. The van der Waals surface area contributed by atoms with Gasteiger partial charge in [-0.3, -0.25) is 10.1 Å². The number of non-ortho nitro benzene ring substituents is 1. The molecule has 3 rings (SSSR count). The highest BCUT2D eigenvalue weighted by Gasteiger charge is 2.14. The number of nitro benzene ring substituents is 1. The van der Waals surface area contributed by atoms with Crippen LogP contribution < -0.4 is 5.32 Å². The van der Waals surface area contributed by atoms with Gasteiger partial charge in [0, 0.05) is 11.8 Å². The van der Waals surface area contributed by atoms with Crippen LogP contribution in [0.3, 0.4) is 0 Å². The minimum Gasteiger partial charge on any atom is -0.352 e. The molecule has 0 unspecified atom stereocenters. The van der Waals surface area contributed by atoms with Crippen LogP contribution in [0.1, 0.15) is 0 Å². The van der Waals surface area contributed by atoms with E-state index in [-0.39, 0.29) is 11.4 Å². The fourth-order valence-electron chi connectivity index (χ4n) is 1.84. The van der Waals surface area contributed by atoms with Crippen molar-refractivity contribution in [1.29, 1.82) is 0 Å². The number of rotatable bonds is 3. The number of hydrogen-bond acceptors (Lipinski definition) is 6. The first-order valence-corrected chi connectivity index (χ1v) is 6.78. The molecule has 0 aliphatic heterocycles. The molecule has 0 aliphatic carbocycles. The molecule has 0 atom stereocenters. The number of nitrogens with zero attached hydrogens (tertiary/aromatic N) is 3. The van der Waals surface area contributed by atoms with Gasteiger partial charge in [-0.1, -0.05) is 11.6 Å². The van der Waals surface area contributed by atoms with Crippen LogP contribution in [-0.4, -0.2) is 13.7 Å². The molecule has 0 aliphatic rings. The quantitative estimate of drug-likeness (QED) is 0.578. The van der Waals surface area contributed by atoms with Crippen LogP contribution in [0.5, 0.6) is 0 Å². The fourth-order valence-corrected chi connectivity index (χ4v) is 2.58. The van der Waals surface area contributed by atoms with Crippen LogP contribution in [0.15, 0.2) is 30.3 Å². The molecule has 0 spiro atoms. The lowest BCUT2D eigenvalue weighted by Crippen LogP contribution is -1.96. The zero-order valence-corrected chi connectivity index (χ0v) is 11.8. The van der Waals surface area contributed by atoms with Crippen LogP contribution in [-0.2, 0) is 0 Å². The third-order valence-electron chi connectivity index (χ3n) is 2.74. The van der Waals surface area contributed by atoms with E-state index in [9.17, 15) is 14.5 Å². The van der Waals surface area contributed by atoms with Crippen molar-refractivity contribution in [2.45, 2.75) is 0 Å². The van der Waals surface area contributed by atoms with E-state index in [0.29, 0.717) is 21.7 Å². The number of fused-ring (bicyclic) bond motifs is 1. The second-order valence-electron chi connectivity index (χ2n) is 4.13. The first-order valence-electron chi connectivity index (χ1n) is 5.67. The number of benzene rings is 2. The number of aromatic nitrogens is 2. The summed E-state index contributed by atoms with van der Waals surface area (Å²) in [4.78, 5) is 10.1. The van der Waals surface area contributed by atoms with Crippen molar-refractivity contribution in [3.8, 4) is 0 Å². The second-order valence-corrected chi connectivity index (χ2v) is 5.07. The van der Waals surface area contributed by atoms with Crippen molar-refractivity contribution in [3.05, 3.63) is 51.3 Å². The molecule has 0 saturated heterocycles. The van der Waals surface area contributed by atoms with Gasteiger partial charge in [0.15, 0.2) is 0 Å². The van der Waals surface area contributed by atoms with Crippen molar-refractivity contribution in [2.75, 3.05) is 5.32 Å². The maximum Gasteiger partial charge on any atom is 0.274 e. The molecule has 1 aromatic heterocycles. The van der Waals surface area contributed by atoms with Gasteiger partial charge in [-0.05, 0) is 18.2 Å². The van der Waals surface area contributed by atoms with Crippen molar-refractivity contribution in [1.82, 2.24) is 8.75 Å². The number of nitro groups is 1. The molecule has 0 bridgehead atoms. The van der Waals surface area contributed by atoms with Gasteiger partial charge in [0.05, 0.1) is 33.4 Å². The Kier molecular flexibility index (Phi) is 3.40. The zero-order valence-electron chi connectivity index (χ0n) is 10.2. The molecule has 21 heavy (non-hydrogen) atoms. The minimum atomic E-state index is -0.716. The molecule has 6 nitrogen and oxygen atoms in total. The molecule has 1 N–H and O–H groups in total. The van der Waals surface area contributed by atoms with Crippen molar-refractivity contribution in [2.24, 2.45) is 0 Å². The van der Waals surface area contributed by atoms with E-state index in [1.807, 2.05) is 0 Å². The highest BCUT2D eigenvalue weighted by molar-refractivity contribution is 7.00. The van der Waals surface area contributed by atoms with E-state index >= 15 is 0 Å². The van der Waals surface area contributed by atoms with Crippen LogP contribution in [0, 0.1) is 15.9 Å². The maximum absolute atomic E-state index is 13.4. The van der Waals surface area contributed by atoms with Gasteiger partial charge in [0.1, 0.15) is 16.9 Å².